The molecule has 0 aliphatic heterocycles. The third kappa shape index (κ3) is 3.27. The van der Waals surface area contributed by atoms with Crippen LogP contribution in [0.15, 0.2) is 23.1 Å². The number of anilines is 2. The molecule has 8 heteroatoms. The second-order valence-electron chi connectivity index (χ2n) is 4.38. The van der Waals surface area contributed by atoms with E-state index in [1.54, 1.807) is 0 Å². The molecule has 2 aromatic rings. The molecule has 1 aromatic carbocycles. The summed E-state index contributed by atoms with van der Waals surface area (Å²) in [5, 5.41) is 0.361. The Kier molecular flexibility index (Phi) is 4.38. The highest BCUT2D eigenvalue weighted by Crippen LogP contribution is 2.28. The fourth-order valence-corrected chi connectivity index (χ4v) is 3.98. The lowest BCUT2D eigenvalue weighted by molar-refractivity contribution is 0.415. The van der Waals surface area contributed by atoms with Gasteiger partial charge >= 0.3 is 0 Å². The lowest BCUT2D eigenvalue weighted by atomic mass is 10.3. The molecule has 0 atom stereocenters. The fraction of sp³-hybridized carbons (Fsp3) is 0.308. The van der Waals surface area contributed by atoms with Crippen molar-refractivity contribution in [3.8, 4) is 5.75 Å². The highest BCUT2D eigenvalue weighted by atomic mass is 32.2. The number of hydrogen-bond donors (Lipinski definition) is 2. The molecule has 0 saturated carbocycles. The average molecular weight is 327 g/mol. The number of aromatic nitrogens is 1. The Morgan fingerprint density at radius 1 is 1.43 bits per heavy atom. The minimum absolute atomic E-state index is 0.0828. The molecule has 3 N–H and O–H groups in total. The Morgan fingerprint density at radius 3 is 2.71 bits per heavy atom. The summed E-state index contributed by atoms with van der Waals surface area (Å²) in [6, 6.07) is 4.32. The van der Waals surface area contributed by atoms with Crippen LogP contribution in [-0.4, -0.2) is 20.5 Å². The highest BCUT2D eigenvalue weighted by molar-refractivity contribution is 7.93. The number of nitrogens with one attached hydrogen (secondary N) is 1. The van der Waals surface area contributed by atoms with Crippen molar-refractivity contribution in [1.82, 2.24) is 4.98 Å². The molecule has 2 rings (SSSR count). The van der Waals surface area contributed by atoms with Gasteiger partial charge in [0.25, 0.3) is 10.0 Å². The molecule has 0 fully saturated rings. The van der Waals surface area contributed by atoms with E-state index >= 15 is 0 Å². The quantitative estimate of drug-likeness (QED) is 0.822. The summed E-state index contributed by atoms with van der Waals surface area (Å²) in [5.41, 5.74) is 6.97. The van der Waals surface area contributed by atoms with Crippen LogP contribution in [0, 0.1) is 6.92 Å². The lowest BCUT2D eigenvalue weighted by Crippen LogP contribution is -2.13. The summed E-state index contributed by atoms with van der Waals surface area (Å²) in [6.45, 7) is 3.89. The molecule has 6 nitrogen and oxygen atoms in total. The Bertz CT molecular complexity index is 754. The zero-order valence-electron chi connectivity index (χ0n) is 12.0. The number of rotatable bonds is 5. The number of hydrogen-bond acceptors (Lipinski definition) is 6. The van der Waals surface area contributed by atoms with Crippen LogP contribution < -0.4 is 15.2 Å². The minimum atomic E-state index is -3.71. The van der Waals surface area contributed by atoms with E-state index in [9.17, 15) is 8.42 Å². The predicted molar refractivity (Wildman–Crippen MR) is 84.4 cm³/mol. The standard InChI is InChI=1S/C13H17N3O3S2/c1-4-11-8(2)20-13(15-11)16-21(17,18)9-5-6-10(14)12(7-9)19-3/h5-7H,4,14H2,1-3H3,(H,15,16). The van der Waals surface area contributed by atoms with Gasteiger partial charge in [0.05, 0.1) is 23.4 Å². The maximum Gasteiger partial charge on any atom is 0.263 e. The number of nitrogens with zero attached hydrogens (tertiary/aromatic N) is 1. The normalized spacial score (nSPS) is 11.4. The van der Waals surface area contributed by atoms with Crippen LogP contribution in [0.5, 0.6) is 5.75 Å². The minimum Gasteiger partial charge on any atom is -0.495 e. The number of ether oxygens (including phenoxy) is 1. The molecular formula is C13H17N3O3S2. The monoisotopic (exact) mass is 327 g/mol. The van der Waals surface area contributed by atoms with Gasteiger partial charge in [0.15, 0.2) is 5.13 Å². The second-order valence-corrected chi connectivity index (χ2v) is 7.27. The summed E-state index contributed by atoms with van der Waals surface area (Å²) in [7, 11) is -2.27. The molecule has 0 bridgehead atoms. The molecule has 1 heterocycles. The first kappa shape index (κ1) is 15.6. The summed E-state index contributed by atoms with van der Waals surface area (Å²) < 4.78 is 32.2. The van der Waals surface area contributed by atoms with Crippen molar-refractivity contribution in [3.63, 3.8) is 0 Å². The van der Waals surface area contributed by atoms with Crippen molar-refractivity contribution in [1.29, 1.82) is 0 Å². The van der Waals surface area contributed by atoms with E-state index in [2.05, 4.69) is 9.71 Å². The average Bonchev–Trinajstić information content (AvgIpc) is 2.78. The molecule has 0 unspecified atom stereocenters. The van der Waals surface area contributed by atoms with Crippen molar-refractivity contribution in [2.24, 2.45) is 0 Å². The number of nitrogen functional groups attached to an aromatic ring is 1. The summed E-state index contributed by atoms with van der Waals surface area (Å²) in [4.78, 5) is 5.36. The van der Waals surface area contributed by atoms with Crippen LogP contribution in [-0.2, 0) is 16.4 Å². The summed E-state index contributed by atoms with van der Waals surface area (Å²) in [6.07, 6.45) is 0.764. The molecule has 0 amide bonds. The van der Waals surface area contributed by atoms with Gasteiger partial charge in [0, 0.05) is 10.9 Å². The highest BCUT2D eigenvalue weighted by Gasteiger charge is 2.18. The van der Waals surface area contributed by atoms with Gasteiger partial charge in [-0.3, -0.25) is 4.72 Å². The van der Waals surface area contributed by atoms with E-state index in [0.29, 0.717) is 16.6 Å². The van der Waals surface area contributed by atoms with Crippen molar-refractivity contribution < 1.29 is 13.2 Å². The zero-order valence-corrected chi connectivity index (χ0v) is 13.6. The van der Waals surface area contributed by atoms with E-state index in [0.717, 1.165) is 17.0 Å². The molecule has 0 saturated heterocycles. The maximum atomic E-state index is 12.3. The van der Waals surface area contributed by atoms with Gasteiger partial charge in [-0.05, 0) is 25.5 Å². The number of aryl methyl sites for hydroxylation is 2. The molecule has 21 heavy (non-hydrogen) atoms. The zero-order chi connectivity index (χ0) is 15.6. The Balaban J connectivity index is 2.33. The number of nitrogens with two attached hydrogens (primary N) is 1. The van der Waals surface area contributed by atoms with E-state index < -0.39 is 10.0 Å². The van der Waals surface area contributed by atoms with Crippen LogP contribution in [0.25, 0.3) is 0 Å². The van der Waals surface area contributed by atoms with Crippen molar-refractivity contribution in [3.05, 3.63) is 28.8 Å². The van der Waals surface area contributed by atoms with Gasteiger partial charge < -0.3 is 10.5 Å². The van der Waals surface area contributed by atoms with Crippen LogP contribution >= 0.6 is 11.3 Å². The molecule has 0 aliphatic carbocycles. The molecule has 0 spiro atoms. The molecule has 114 valence electrons. The summed E-state index contributed by atoms with van der Waals surface area (Å²) in [5.74, 6) is 0.322. The van der Waals surface area contributed by atoms with Crippen molar-refractivity contribution >= 4 is 32.2 Å². The number of sulfonamides is 1. The van der Waals surface area contributed by atoms with Gasteiger partial charge in [0.2, 0.25) is 0 Å². The Hall–Kier alpha value is -1.80. The third-order valence-electron chi connectivity index (χ3n) is 2.96. The number of benzene rings is 1. The Labute approximate surface area is 128 Å². The molecule has 1 aromatic heterocycles. The van der Waals surface area contributed by atoms with Crippen molar-refractivity contribution in [2.75, 3.05) is 17.6 Å². The van der Waals surface area contributed by atoms with Gasteiger partial charge in [0.1, 0.15) is 5.75 Å². The summed E-state index contributed by atoms with van der Waals surface area (Å²) >= 11 is 1.32. The topological polar surface area (TPSA) is 94.3 Å². The first-order valence-corrected chi connectivity index (χ1v) is 8.60. The predicted octanol–water partition coefficient (Wildman–Crippen LogP) is 2.41. The van der Waals surface area contributed by atoms with Gasteiger partial charge in [-0.15, -0.1) is 11.3 Å². The first-order chi connectivity index (χ1) is 9.87. The van der Waals surface area contributed by atoms with Gasteiger partial charge in [-0.2, -0.15) is 0 Å². The smallest absolute Gasteiger partial charge is 0.263 e. The van der Waals surface area contributed by atoms with Crippen LogP contribution in [0.3, 0.4) is 0 Å². The van der Waals surface area contributed by atoms with E-state index in [1.165, 1.54) is 36.6 Å². The fourth-order valence-electron chi connectivity index (χ4n) is 1.83. The number of methoxy groups -OCH3 is 1. The largest absolute Gasteiger partial charge is 0.495 e. The van der Waals surface area contributed by atoms with E-state index in [1.807, 2.05) is 13.8 Å². The van der Waals surface area contributed by atoms with Crippen LogP contribution in [0.2, 0.25) is 0 Å². The van der Waals surface area contributed by atoms with E-state index in [4.69, 9.17) is 10.5 Å². The Morgan fingerprint density at radius 2 is 2.14 bits per heavy atom. The van der Waals surface area contributed by atoms with Crippen LogP contribution in [0.1, 0.15) is 17.5 Å². The number of thiazole rings is 1. The first-order valence-electron chi connectivity index (χ1n) is 6.30. The maximum absolute atomic E-state index is 12.3. The third-order valence-corrected chi connectivity index (χ3v) is 5.36. The second kappa shape index (κ2) is 5.90. The van der Waals surface area contributed by atoms with Gasteiger partial charge in [-0.25, -0.2) is 13.4 Å². The van der Waals surface area contributed by atoms with Gasteiger partial charge in [-0.1, -0.05) is 6.92 Å². The SMILES string of the molecule is CCc1nc(NS(=O)(=O)c2ccc(N)c(OC)c2)sc1C. The van der Waals surface area contributed by atoms with Crippen molar-refractivity contribution in [2.45, 2.75) is 25.2 Å². The molecule has 0 radical (unpaired) electrons. The lowest BCUT2D eigenvalue weighted by Gasteiger charge is -2.08. The molecule has 0 aliphatic rings. The molecular weight excluding hydrogens is 310 g/mol. The van der Waals surface area contributed by atoms with Crippen LogP contribution in [0.4, 0.5) is 10.8 Å². The van der Waals surface area contributed by atoms with E-state index in [-0.39, 0.29) is 4.90 Å².